The van der Waals surface area contributed by atoms with E-state index >= 15 is 0 Å². The van der Waals surface area contributed by atoms with Crippen LogP contribution in [0.15, 0.2) is 30.5 Å². The van der Waals surface area contributed by atoms with E-state index in [2.05, 4.69) is 5.10 Å². The highest BCUT2D eigenvalue weighted by atomic mass is 32.2. The van der Waals surface area contributed by atoms with Gasteiger partial charge in [-0.05, 0) is 35.7 Å². The number of hydrogen-bond acceptors (Lipinski definition) is 4. The molecule has 3 rings (SSSR count). The zero-order valence-corrected chi connectivity index (χ0v) is 13.5. The number of fused-ring (bicyclic) bond motifs is 1. The smallest absolute Gasteiger partial charge is 0.220 e. The van der Waals surface area contributed by atoms with E-state index in [1.54, 1.807) is 25.4 Å². The molecule has 23 heavy (non-hydrogen) atoms. The summed E-state index contributed by atoms with van der Waals surface area (Å²) in [4.78, 5) is 0. The second-order valence-corrected chi connectivity index (χ2v) is 7.62. The normalized spacial score (nSPS) is 18.8. The highest BCUT2D eigenvalue weighted by molar-refractivity contribution is 7.88. The molecule has 1 atom stereocenters. The van der Waals surface area contributed by atoms with Crippen LogP contribution in [0.3, 0.4) is 0 Å². The molecule has 124 valence electrons. The number of benzene rings is 1. The number of sulfonamides is 1. The lowest BCUT2D eigenvalue weighted by molar-refractivity contribution is 0.173. The van der Waals surface area contributed by atoms with Gasteiger partial charge in [0.25, 0.3) is 0 Å². The molecule has 1 aliphatic rings. The van der Waals surface area contributed by atoms with E-state index < -0.39 is 16.1 Å². The van der Waals surface area contributed by atoms with Crippen LogP contribution in [-0.4, -0.2) is 40.3 Å². The Bertz CT molecular complexity index is 819. The molecule has 1 N–H and O–H groups in total. The molecular formula is C15H18FN3O3S. The van der Waals surface area contributed by atoms with E-state index in [1.165, 1.54) is 21.1 Å². The molecule has 1 aromatic heterocycles. The Morgan fingerprint density at radius 2 is 2.13 bits per heavy atom. The van der Waals surface area contributed by atoms with Gasteiger partial charge in [-0.1, -0.05) is 6.07 Å². The summed E-state index contributed by atoms with van der Waals surface area (Å²) in [6.07, 6.45) is 1.84. The van der Waals surface area contributed by atoms with Gasteiger partial charge < -0.3 is 5.11 Å². The lowest BCUT2D eigenvalue weighted by Gasteiger charge is -2.35. The van der Waals surface area contributed by atoms with Gasteiger partial charge in [0.15, 0.2) is 0 Å². The number of aromatic nitrogens is 2. The summed E-state index contributed by atoms with van der Waals surface area (Å²) in [5, 5.41) is 13.6. The fourth-order valence-electron chi connectivity index (χ4n) is 2.89. The Balaban J connectivity index is 1.91. The molecule has 1 aliphatic heterocycles. The molecule has 1 aromatic carbocycles. The van der Waals surface area contributed by atoms with Crippen molar-refractivity contribution in [3.05, 3.63) is 53.1 Å². The number of aliphatic hydroxyl groups excluding tert-OH is 1. The van der Waals surface area contributed by atoms with Crippen LogP contribution in [0.25, 0.3) is 0 Å². The van der Waals surface area contributed by atoms with Crippen LogP contribution in [0.4, 0.5) is 4.39 Å². The van der Waals surface area contributed by atoms with Crippen molar-refractivity contribution in [3.63, 3.8) is 0 Å². The summed E-state index contributed by atoms with van der Waals surface area (Å²) in [5.41, 5.74) is 2.09. The van der Waals surface area contributed by atoms with Crippen molar-refractivity contribution in [3.8, 4) is 0 Å². The molecule has 0 fully saturated rings. The summed E-state index contributed by atoms with van der Waals surface area (Å²) < 4.78 is 41.7. The molecule has 0 bridgehead atoms. The van der Waals surface area contributed by atoms with Gasteiger partial charge in [0.1, 0.15) is 11.6 Å². The van der Waals surface area contributed by atoms with E-state index in [9.17, 15) is 17.9 Å². The number of nitrogens with zero attached hydrogens (tertiary/aromatic N) is 3. The van der Waals surface area contributed by atoms with Crippen molar-refractivity contribution in [1.29, 1.82) is 0 Å². The maximum atomic E-state index is 13.3. The van der Waals surface area contributed by atoms with Gasteiger partial charge in [0.2, 0.25) is 10.0 Å². The summed E-state index contributed by atoms with van der Waals surface area (Å²) in [5.74, 6) is -0.539. The van der Waals surface area contributed by atoms with Crippen molar-refractivity contribution in [2.24, 2.45) is 7.05 Å². The molecule has 0 saturated heterocycles. The number of aryl methyl sites for hydroxylation is 1. The highest BCUT2D eigenvalue weighted by Gasteiger charge is 2.34. The van der Waals surface area contributed by atoms with E-state index in [0.717, 1.165) is 11.1 Å². The SMILES string of the molecule is Cn1nccc1CS(=O)(=O)N1Cc2ccc(F)cc2C[C@H]1CO. The largest absolute Gasteiger partial charge is 0.395 e. The van der Waals surface area contributed by atoms with Crippen molar-refractivity contribution in [1.82, 2.24) is 14.1 Å². The van der Waals surface area contributed by atoms with E-state index in [4.69, 9.17) is 0 Å². The average Bonchev–Trinajstić information content (AvgIpc) is 2.90. The Hall–Kier alpha value is -1.77. The quantitative estimate of drug-likeness (QED) is 0.894. The predicted molar refractivity (Wildman–Crippen MR) is 82.4 cm³/mol. The van der Waals surface area contributed by atoms with Crippen LogP contribution >= 0.6 is 0 Å². The van der Waals surface area contributed by atoms with Crippen LogP contribution in [0.5, 0.6) is 0 Å². The first-order valence-corrected chi connectivity index (χ1v) is 8.86. The Kier molecular flexibility index (Phi) is 4.22. The summed E-state index contributed by atoms with van der Waals surface area (Å²) in [6.45, 7) is -0.165. The molecule has 0 aliphatic carbocycles. The zero-order chi connectivity index (χ0) is 16.6. The number of rotatable bonds is 4. The third kappa shape index (κ3) is 3.15. The van der Waals surface area contributed by atoms with Gasteiger partial charge in [-0.3, -0.25) is 4.68 Å². The van der Waals surface area contributed by atoms with Gasteiger partial charge in [0, 0.05) is 19.8 Å². The van der Waals surface area contributed by atoms with E-state index in [1.807, 2.05) is 0 Å². The third-order valence-corrected chi connectivity index (χ3v) is 5.98. The number of aliphatic hydroxyl groups is 1. The molecule has 6 nitrogen and oxygen atoms in total. The molecular weight excluding hydrogens is 321 g/mol. The van der Waals surface area contributed by atoms with Gasteiger partial charge in [0.05, 0.1) is 18.3 Å². The van der Waals surface area contributed by atoms with Crippen LogP contribution in [0.2, 0.25) is 0 Å². The Morgan fingerprint density at radius 3 is 2.78 bits per heavy atom. The van der Waals surface area contributed by atoms with E-state index in [-0.39, 0.29) is 24.7 Å². The van der Waals surface area contributed by atoms with Crippen LogP contribution in [0.1, 0.15) is 16.8 Å². The summed E-state index contributed by atoms with van der Waals surface area (Å²) >= 11 is 0. The maximum Gasteiger partial charge on any atom is 0.220 e. The minimum atomic E-state index is -3.62. The topological polar surface area (TPSA) is 75.4 Å². The highest BCUT2D eigenvalue weighted by Crippen LogP contribution is 2.27. The maximum absolute atomic E-state index is 13.3. The average molecular weight is 339 g/mol. The first-order valence-electron chi connectivity index (χ1n) is 7.25. The van der Waals surface area contributed by atoms with Gasteiger partial charge in [-0.2, -0.15) is 9.40 Å². The molecule has 0 unspecified atom stereocenters. The molecule has 8 heteroatoms. The first-order chi connectivity index (χ1) is 10.9. The number of halogens is 1. The van der Waals surface area contributed by atoms with Crippen molar-refractivity contribution in [2.75, 3.05) is 6.61 Å². The monoisotopic (exact) mass is 339 g/mol. The first kappa shape index (κ1) is 16.1. The van der Waals surface area contributed by atoms with Crippen molar-refractivity contribution in [2.45, 2.75) is 24.8 Å². The molecule has 0 amide bonds. The second-order valence-electron chi connectivity index (χ2n) is 5.70. The minimum Gasteiger partial charge on any atom is -0.395 e. The minimum absolute atomic E-state index is 0.140. The Labute approximate surface area is 134 Å². The lowest BCUT2D eigenvalue weighted by Crippen LogP contribution is -2.46. The molecule has 0 saturated carbocycles. The fraction of sp³-hybridized carbons (Fsp3) is 0.400. The third-order valence-electron chi connectivity index (χ3n) is 4.18. The number of hydrogen-bond donors (Lipinski definition) is 1. The lowest BCUT2D eigenvalue weighted by atomic mass is 9.96. The van der Waals surface area contributed by atoms with Gasteiger partial charge in [-0.15, -0.1) is 0 Å². The molecule has 2 aromatic rings. The van der Waals surface area contributed by atoms with Crippen molar-refractivity contribution >= 4 is 10.0 Å². The van der Waals surface area contributed by atoms with Crippen molar-refractivity contribution < 1.29 is 17.9 Å². The summed E-state index contributed by atoms with van der Waals surface area (Å²) in [6, 6.07) is 5.40. The standard InChI is InChI=1S/C15H18FN3O3S/c1-18-14(4-5-17-18)10-23(21,22)19-8-11-2-3-13(16)6-12(11)7-15(19)9-20/h2-6,15,20H,7-10H2,1H3/t15-/m0/s1. The Morgan fingerprint density at radius 1 is 1.35 bits per heavy atom. The summed E-state index contributed by atoms with van der Waals surface area (Å²) in [7, 11) is -1.94. The van der Waals surface area contributed by atoms with Gasteiger partial charge in [-0.25, -0.2) is 12.8 Å². The zero-order valence-electron chi connectivity index (χ0n) is 12.7. The van der Waals surface area contributed by atoms with E-state index in [0.29, 0.717) is 12.1 Å². The van der Waals surface area contributed by atoms with Gasteiger partial charge >= 0.3 is 0 Å². The van der Waals surface area contributed by atoms with Crippen LogP contribution in [-0.2, 0) is 35.8 Å². The predicted octanol–water partition coefficient (Wildman–Crippen LogP) is 0.808. The second kappa shape index (κ2) is 6.03. The molecule has 0 radical (unpaired) electrons. The fourth-order valence-corrected chi connectivity index (χ4v) is 4.64. The van der Waals surface area contributed by atoms with Crippen LogP contribution in [0, 0.1) is 5.82 Å². The molecule has 0 spiro atoms. The van der Waals surface area contributed by atoms with Crippen LogP contribution < -0.4 is 0 Å². The molecule has 2 heterocycles.